The highest BCUT2D eigenvalue weighted by molar-refractivity contribution is 5.99. The maximum atomic E-state index is 12.5. The van der Waals surface area contributed by atoms with Gasteiger partial charge in [0, 0.05) is 25.2 Å². The van der Waals surface area contributed by atoms with Crippen LogP contribution in [0.15, 0.2) is 36.4 Å². The van der Waals surface area contributed by atoms with E-state index in [9.17, 15) is 19.7 Å². The van der Waals surface area contributed by atoms with Crippen LogP contribution in [0.25, 0.3) is 0 Å². The lowest BCUT2D eigenvalue weighted by molar-refractivity contribution is -0.385. The Morgan fingerprint density at radius 3 is 2.33 bits per heavy atom. The number of amides is 2. The fourth-order valence-corrected chi connectivity index (χ4v) is 2.60. The first-order chi connectivity index (χ1) is 12.9. The summed E-state index contributed by atoms with van der Waals surface area (Å²) in [5.74, 6) is -0.221. The molecule has 3 rings (SSSR count). The van der Waals surface area contributed by atoms with Gasteiger partial charge in [0.15, 0.2) is 11.5 Å². The van der Waals surface area contributed by atoms with Gasteiger partial charge in [0.1, 0.15) is 18.8 Å². The standard InChI is InChI=1S/C18H17N3O6/c1-11(22)20-13-4-2-12(3-5-13)10-19-18(23)14-8-16-17(27-7-6-26-16)9-15(14)21(24)25/h2-5,8-9H,6-7,10H2,1H3,(H,19,23)(H,20,22). The van der Waals surface area contributed by atoms with Crippen LogP contribution >= 0.6 is 0 Å². The molecule has 0 spiro atoms. The second-order valence-corrected chi connectivity index (χ2v) is 5.83. The summed E-state index contributed by atoms with van der Waals surface area (Å²) in [5, 5.41) is 16.6. The van der Waals surface area contributed by atoms with Crippen LogP contribution in [0, 0.1) is 10.1 Å². The van der Waals surface area contributed by atoms with Crippen molar-refractivity contribution in [1.29, 1.82) is 0 Å². The number of benzene rings is 2. The maximum absolute atomic E-state index is 12.5. The molecule has 0 saturated heterocycles. The topological polar surface area (TPSA) is 120 Å². The van der Waals surface area contributed by atoms with E-state index in [1.54, 1.807) is 24.3 Å². The number of rotatable bonds is 5. The molecule has 140 valence electrons. The van der Waals surface area contributed by atoms with Crippen LogP contribution in [0.4, 0.5) is 11.4 Å². The maximum Gasteiger partial charge on any atom is 0.286 e. The van der Waals surface area contributed by atoms with E-state index in [1.165, 1.54) is 19.1 Å². The fraction of sp³-hybridized carbons (Fsp3) is 0.222. The Morgan fingerprint density at radius 2 is 1.74 bits per heavy atom. The van der Waals surface area contributed by atoms with E-state index >= 15 is 0 Å². The molecular formula is C18H17N3O6. The van der Waals surface area contributed by atoms with Gasteiger partial charge in [-0.1, -0.05) is 12.1 Å². The molecule has 1 heterocycles. The Balaban J connectivity index is 1.74. The molecule has 0 unspecified atom stereocenters. The molecule has 0 radical (unpaired) electrons. The van der Waals surface area contributed by atoms with E-state index in [2.05, 4.69) is 10.6 Å². The lowest BCUT2D eigenvalue weighted by Crippen LogP contribution is -2.24. The first kappa shape index (κ1) is 18.2. The highest BCUT2D eigenvalue weighted by atomic mass is 16.6. The Morgan fingerprint density at radius 1 is 1.11 bits per heavy atom. The molecule has 9 heteroatoms. The zero-order valence-corrected chi connectivity index (χ0v) is 14.5. The Bertz CT molecular complexity index is 895. The number of nitrogens with zero attached hydrogens (tertiary/aromatic N) is 1. The molecule has 2 N–H and O–H groups in total. The third-order valence-corrected chi connectivity index (χ3v) is 3.83. The number of hydrogen-bond acceptors (Lipinski definition) is 6. The van der Waals surface area contributed by atoms with Crippen LogP contribution in [-0.4, -0.2) is 30.0 Å². The monoisotopic (exact) mass is 371 g/mol. The summed E-state index contributed by atoms with van der Waals surface area (Å²) >= 11 is 0. The van der Waals surface area contributed by atoms with Crippen LogP contribution in [0.2, 0.25) is 0 Å². The molecule has 0 atom stereocenters. The Labute approximate surface area is 154 Å². The molecule has 2 aromatic carbocycles. The van der Waals surface area contributed by atoms with Crippen LogP contribution < -0.4 is 20.1 Å². The average Bonchev–Trinajstić information content (AvgIpc) is 2.65. The van der Waals surface area contributed by atoms with Crippen molar-refractivity contribution in [3.8, 4) is 11.5 Å². The minimum absolute atomic E-state index is 0.0980. The van der Waals surface area contributed by atoms with Gasteiger partial charge in [0.25, 0.3) is 11.6 Å². The third-order valence-electron chi connectivity index (χ3n) is 3.83. The normalized spacial score (nSPS) is 12.2. The number of nitrogens with one attached hydrogen (secondary N) is 2. The zero-order chi connectivity index (χ0) is 19.4. The van der Waals surface area contributed by atoms with Crippen LogP contribution in [-0.2, 0) is 11.3 Å². The van der Waals surface area contributed by atoms with E-state index in [1.807, 2.05) is 0 Å². The minimum atomic E-state index is -0.630. The van der Waals surface area contributed by atoms with Gasteiger partial charge in [-0.3, -0.25) is 19.7 Å². The lowest BCUT2D eigenvalue weighted by Gasteiger charge is -2.18. The second-order valence-electron chi connectivity index (χ2n) is 5.83. The van der Waals surface area contributed by atoms with Crippen molar-refractivity contribution < 1.29 is 24.0 Å². The fourth-order valence-electron chi connectivity index (χ4n) is 2.60. The van der Waals surface area contributed by atoms with Crippen molar-refractivity contribution in [2.75, 3.05) is 18.5 Å². The summed E-state index contributed by atoms with van der Waals surface area (Å²) < 4.78 is 10.7. The summed E-state index contributed by atoms with van der Waals surface area (Å²) in [4.78, 5) is 34.2. The van der Waals surface area contributed by atoms with E-state index in [-0.39, 0.29) is 29.5 Å². The highest BCUT2D eigenvalue weighted by Crippen LogP contribution is 2.36. The number of hydrogen-bond donors (Lipinski definition) is 2. The van der Waals surface area contributed by atoms with Gasteiger partial charge in [0.2, 0.25) is 5.91 Å². The van der Waals surface area contributed by atoms with Crippen LogP contribution in [0.1, 0.15) is 22.8 Å². The molecule has 0 aromatic heterocycles. The molecule has 9 nitrogen and oxygen atoms in total. The van der Waals surface area contributed by atoms with Crippen molar-refractivity contribution in [3.05, 3.63) is 57.6 Å². The molecule has 0 aliphatic carbocycles. The molecule has 27 heavy (non-hydrogen) atoms. The average molecular weight is 371 g/mol. The van der Waals surface area contributed by atoms with Gasteiger partial charge < -0.3 is 20.1 Å². The third kappa shape index (κ3) is 4.32. The van der Waals surface area contributed by atoms with E-state index in [0.717, 1.165) is 5.56 Å². The molecule has 1 aliphatic rings. The molecular weight excluding hydrogens is 354 g/mol. The highest BCUT2D eigenvalue weighted by Gasteiger charge is 2.26. The minimum Gasteiger partial charge on any atom is -0.486 e. The predicted octanol–water partition coefficient (Wildman–Crippen LogP) is 2.25. The Hall–Kier alpha value is -3.62. The number of carbonyl (C=O) groups is 2. The number of fused-ring (bicyclic) bond motifs is 1. The van der Waals surface area contributed by atoms with E-state index in [4.69, 9.17) is 9.47 Å². The number of nitro benzene ring substituents is 1. The van der Waals surface area contributed by atoms with Crippen molar-refractivity contribution in [2.45, 2.75) is 13.5 Å². The van der Waals surface area contributed by atoms with Crippen LogP contribution in [0.5, 0.6) is 11.5 Å². The predicted molar refractivity (Wildman–Crippen MR) is 96.0 cm³/mol. The molecule has 2 amide bonds. The number of nitro groups is 1. The number of ether oxygens (including phenoxy) is 2. The molecule has 0 fully saturated rings. The smallest absolute Gasteiger partial charge is 0.286 e. The molecule has 2 aromatic rings. The van der Waals surface area contributed by atoms with Gasteiger partial charge in [-0.25, -0.2) is 0 Å². The van der Waals surface area contributed by atoms with Crippen molar-refractivity contribution >= 4 is 23.2 Å². The van der Waals surface area contributed by atoms with Crippen molar-refractivity contribution in [3.63, 3.8) is 0 Å². The SMILES string of the molecule is CC(=O)Nc1ccc(CNC(=O)c2cc3c(cc2[N+](=O)[O-])OCCO3)cc1. The van der Waals surface area contributed by atoms with Gasteiger partial charge in [-0.2, -0.15) is 0 Å². The first-order valence-electron chi connectivity index (χ1n) is 8.17. The van der Waals surface area contributed by atoms with Gasteiger partial charge >= 0.3 is 0 Å². The van der Waals surface area contributed by atoms with E-state index in [0.29, 0.717) is 24.7 Å². The summed E-state index contributed by atoms with van der Waals surface area (Å²) in [6.07, 6.45) is 0. The zero-order valence-electron chi connectivity index (χ0n) is 14.5. The van der Waals surface area contributed by atoms with E-state index < -0.39 is 10.8 Å². The summed E-state index contributed by atoms with van der Waals surface area (Å²) in [5.41, 5.74) is 0.967. The lowest BCUT2D eigenvalue weighted by atomic mass is 10.1. The summed E-state index contributed by atoms with van der Waals surface area (Å²) in [6.45, 7) is 2.19. The largest absolute Gasteiger partial charge is 0.486 e. The molecule has 1 aliphatic heterocycles. The molecule has 0 saturated carbocycles. The molecule has 0 bridgehead atoms. The van der Waals surface area contributed by atoms with Gasteiger partial charge in [-0.05, 0) is 17.7 Å². The quantitative estimate of drug-likeness (QED) is 0.614. The van der Waals surface area contributed by atoms with Gasteiger partial charge in [0.05, 0.1) is 11.0 Å². The number of anilines is 1. The summed E-state index contributed by atoms with van der Waals surface area (Å²) in [7, 11) is 0. The van der Waals surface area contributed by atoms with Crippen molar-refractivity contribution in [2.24, 2.45) is 0 Å². The van der Waals surface area contributed by atoms with Crippen LogP contribution in [0.3, 0.4) is 0 Å². The Kier molecular flexibility index (Phi) is 5.20. The van der Waals surface area contributed by atoms with Crippen molar-refractivity contribution in [1.82, 2.24) is 5.32 Å². The van der Waals surface area contributed by atoms with Gasteiger partial charge in [-0.15, -0.1) is 0 Å². The summed E-state index contributed by atoms with van der Waals surface area (Å²) in [6, 6.07) is 9.41. The second kappa shape index (κ2) is 7.73. The number of carbonyl (C=O) groups excluding carboxylic acids is 2. The first-order valence-corrected chi connectivity index (χ1v) is 8.17.